The van der Waals surface area contributed by atoms with E-state index in [1.165, 1.54) is 5.56 Å². The Bertz CT molecular complexity index is 1030. The molecule has 3 rings (SSSR count). The van der Waals surface area contributed by atoms with E-state index in [4.69, 9.17) is 0 Å². The standard InChI is InChI=1S/C28H28BrNO/c1-23(31)27(20-25-12-6-3-7-13-25)22-30(19-17-24-10-4-2-5-11-24)18-9-15-26-14-8-16-28(29)21-26/h2-16,20-21H,17-19,22H2,1H3/b15-9-,27-20+. The molecule has 0 bridgehead atoms. The fourth-order valence-corrected chi connectivity index (χ4v) is 3.78. The molecule has 0 saturated carbocycles. The topological polar surface area (TPSA) is 20.3 Å². The zero-order valence-corrected chi connectivity index (χ0v) is 19.5. The van der Waals surface area contributed by atoms with Crippen LogP contribution < -0.4 is 0 Å². The Labute approximate surface area is 194 Å². The highest BCUT2D eigenvalue weighted by molar-refractivity contribution is 9.10. The van der Waals surface area contributed by atoms with Crippen LogP contribution in [0.4, 0.5) is 0 Å². The molecule has 0 fully saturated rings. The fourth-order valence-electron chi connectivity index (χ4n) is 3.36. The Morgan fingerprint density at radius 2 is 1.58 bits per heavy atom. The third kappa shape index (κ3) is 8.12. The number of nitrogens with zero attached hydrogens (tertiary/aromatic N) is 1. The first kappa shape index (κ1) is 22.9. The van der Waals surface area contributed by atoms with Crippen LogP contribution >= 0.6 is 15.9 Å². The average molecular weight is 474 g/mol. The predicted molar refractivity (Wildman–Crippen MR) is 135 cm³/mol. The molecular weight excluding hydrogens is 446 g/mol. The van der Waals surface area contributed by atoms with E-state index >= 15 is 0 Å². The summed E-state index contributed by atoms with van der Waals surface area (Å²) in [6.07, 6.45) is 7.26. The van der Waals surface area contributed by atoms with Crippen LogP contribution in [0.2, 0.25) is 0 Å². The number of halogens is 1. The minimum atomic E-state index is 0.115. The number of carbonyl (C=O) groups is 1. The summed E-state index contributed by atoms with van der Waals surface area (Å²) < 4.78 is 1.07. The van der Waals surface area contributed by atoms with Crippen LogP contribution in [0.15, 0.2) is 101 Å². The normalized spacial score (nSPS) is 11.9. The quantitative estimate of drug-likeness (QED) is 0.306. The first-order chi connectivity index (χ1) is 15.1. The lowest BCUT2D eigenvalue weighted by atomic mass is 10.1. The summed E-state index contributed by atoms with van der Waals surface area (Å²) in [6, 6.07) is 28.8. The molecule has 158 valence electrons. The summed E-state index contributed by atoms with van der Waals surface area (Å²) in [7, 11) is 0. The van der Waals surface area contributed by atoms with E-state index in [1.807, 2.05) is 54.6 Å². The van der Waals surface area contributed by atoms with Crippen molar-refractivity contribution >= 4 is 33.9 Å². The number of benzene rings is 3. The molecule has 0 aliphatic heterocycles. The van der Waals surface area contributed by atoms with Crippen LogP contribution in [0, 0.1) is 0 Å². The van der Waals surface area contributed by atoms with Gasteiger partial charge in [0, 0.05) is 29.7 Å². The van der Waals surface area contributed by atoms with E-state index in [2.05, 4.69) is 69.4 Å². The molecule has 0 unspecified atom stereocenters. The zero-order valence-electron chi connectivity index (χ0n) is 17.9. The van der Waals surface area contributed by atoms with Crippen LogP contribution in [0.5, 0.6) is 0 Å². The summed E-state index contributed by atoms with van der Waals surface area (Å²) >= 11 is 3.52. The number of ketones is 1. The molecule has 0 N–H and O–H groups in total. The smallest absolute Gasteiger partial charge is 0.157 e. The van der Waals surface area contributed by atoms with Crippen LogP contribution in [-0.2, 0) is 11.2 Å². The monoisotopic (exact) mass is 473 g/mol. The number of carbonyl (C=O) groups excluding carboxylic acids is 1. The second-order valence-corrected chi connectivity index (χ2v) is 8.48. The van der Waals surface area contributed by atoms with Gasteiger partial charge in [0.1, 0.15) is 0 Å². The van der Waals surface area contributed by atoms with Gasteiger partial charge in [-0.2, -0.15) is 0 Å². The highest BCUT2D eigenvalue weighted by Gasteiger charge is 2.11. The van der Waals surface area contributed by atoms with Gasteiger partial charge < -0.3 is 0 Å². The maximum atomic E-state index is 12.4. The van der Waals surface area contributed by atoms with Crippen LogP contribution in [0.1, 0.15) is 23.6 Å². The van der Waals surface area contributed by atoms with E-state index in [0.717, 1.165) is 40.7 Å². The lowest BCUT2D eigenvalue weighted by molar-refractivity contribution is -0.113. The Balaban J connectivity index is 1.74. The first-order valence-corrected chi connectivity index (χ1v) is 11.3. The summed E-state index contributed by atoms with van der Waals surface area (Å²) in [5, 5.41) is 0. The van der Waals surface area contributed by atoms with Gasteiger partial charge in [0.2, 0.25) is 0 Å². The molecule has 0 heterocycles. The van der Waals surface area contributed by atoms with Crippen molar-refractivity contribution in [3.63, 3.8) is 0 Å². The molecular formula is C28H28BrNO. The van der Waals surface area contributed by atoms with Crippen LogP contribution in [0.25, 0.3) is 12.2 Å². The number of hydrogen-bond donors (Lipinski definition) is 0. The van der Waals surface area contributed by atoms with Gasteiger partial charge in [-0.15, -0.1) is 0 Å². The molecule has 31 heavy (non-hydrogen) atoms. The van der Waals surface area contributed by atoms with Gasteiger partial charge in [-0.05, 0) is 48.2 Å². The van der Waals surface area contributed by atoms with Crippen LogP contribution in [-0.4, -0.2) is 30.3 Å². The molecule has 0 saturated heterocycles. The van der Waals surface area contributed by atoms with Crippen molar-refractivity contribution < 1.29 is 4.79 Å². The summed E-state index contributed by atoms with van der Waals surface area (Å²) in [6.45, 7) is 3.94. The maximum Gasteiger partial charge on any atom is 0.157 e. The van der Waals surface area contributed by atoms with E-state index in [9.17, 15) is 4.79 Å². The van der Waals surface area contributed by atoms with Gasteiger partial charge in [0.05, 0.1) is 0 Å². The highest BCUT2D eigenvalue weighted by Crippen LogP contribution is 2.14. The van der Waals surface area contributed by atoms with Gasteiger partial charge >= 0.3 is 0 Å². The number of rotatable bonds is 10. The van der Waals surface area contributed by atoms with E-state index < -0.39 is 0 Å². The van der Waals surface area contributed by atoms with Gasteiger partial charge in [-0.25, -0.2) is 0 Å². The van der Waals surface area contributed by atoms with E-state index in [-0.39, 0.29) is 5.78 Å². The second-order valence-electron chi connectivity index (χ2n) is 7.56. The lowest BCUT2D eigenvalue weighted by Crippen LogP contribution is -2.30. The van der Waals surface area contributed by atoms with E-state index in [0.29, 0.717) is 6.54 Å². The third-order valence-corrected chi connectivity index (χ3v) is 5.56. The average Bonchev–Trinajstić information content (AvgIpc) is 2.78. The summed E-state index contributed by atoms with van der Waals surface area (Å²) in [5.41, 5.74) is 4.35. The molecule has 0 aliphatic rings. The van der Waals surface area contributed by atoms with Gasteiger partial charge in [0.15, 0.2) is 5.78 Å². The molecule has 3 heteroatoms. The molecule has 0 aromatic heterocycles. The third-order valence-electron chi connectivity index (χ3n) is 5.07. The largest absolute Gasteiger partial charge is 0.295 e. The summed E-state index contributed by atoms with van der Waals surface area (Å²) in [5.74, 6) is 0.115. The Hall–Kier alpha value is -2.75. The van der Waals surface area contributed by atoms with Crippen molar-refractivity contribution in [1.29, 1.82) is 0 Å². The van der Waals surface area contributed by atoms with Crippen molar-refractivity contribution in [2.45, 2.75) is 13.3 Å². The molecule has 0 aliphatic carbocycles. The van der Waals surface area contributed by atoms with Gasteiger partial charge in [-0.3, -0.25) is 9.69 Å². The van der Waals surface area contributed by atoms with Crippen LogP contribution in [0.3, 0.4) is 0 Å². The first-order valence-electron chi connectivity index (χ1n) is 10.5. The lowest BCUT2D eigenvalue weighted by Gasteiger charge is -2.22. The van der Waals surface area contributed by atoms with Gasteiger partial charge in [0.25, 0.3) is 0 Å². The van der Waals surface area contributed by atoms with Gasteiger partial charge in [-0.1, -0.05) is 101 Å². The molecule has 3 aromatic carbocycles. The van der Waals surface area contributed by atoms with Crippen molar-refractivity contribution in [3.8, 4) is 0 Å². The maximum absolute atomic E-state index is 12.4. The second kappa shape index (κ2) is 12.2. The van der Waals surface area contributed by atoms with Crippen molar-refractivity contribution in [3.05, 3.63) is 118 Å². The minimum Gasteiger partial charge on any atom is -0.295 e. The Morgan fingerprint density at radius 1 is 0.903 bits per heavy atom. The SMILES string of the molecule is CC(=O)/C(=C/c1ccccc1)CN(C/C=C\c1cccc(Br)c1)CCc1ccccc1. The minimum absolute atomic E-state index is 0.115. The molecule has 2 nitrogen and oxygen atoms in total. The highest BCUT2D eigenvalue weighted by atomic mass is 79.9. The van der Waals surface area contributed by atoms with Crippen molar-refractivity contribution in [2.75, 3.05) is 19.6 Å². The van der Waals surface area contributed by atoms with Crippen molar-refractivity contribution in [1.82, 2.24) is 4.90 Å². The number of Topliss-reactive ketones (excluding diaryl/α,β-unsaturated/α-hetero) is 1. The molecule has 0 radical (unpaired) electrons. The molecule has 0 amide bonds. The Morgan fingerprint density at radius 3 is 2.26 bits per heavy atom. The van der Waals surface area contributed by atoms with E-state index in [1.54, 1.807) is 6.92 Å². The zero-order chi connectivity index (χ0) is 21.9. The fraction of sp³-hybridized carbons (Fsp3) is 0.179. The molecule has 3 aromatic rings. The molecule has 0 spiro atoms. The Kier molecular flexibility index (Phi) is 9.01. The summed E-state index contributed by atoms with van der Waals surface area (Å²) in [4.78, 5) is 14.7. The van der Waals surface area contributed by atoms with Crippen molar-refractivity contribution in [2.24, 2.45) is 0 Å². The molecule has 0 atom stereocenters. The predicted octanol–water partition coefficient (Wildman–Crippen LogP) is 6.68. The number of hydrogen-bond acceptors (Lipinski definition) is 2.